The number of hydrogen-bond acceptors (Lipinski definition) is 8. The number of ether oxygens (including phenoxy) is 2. The van der Waals surface area contributed by atoms with E-state index < -0.39 is 6.10 Å². The molecule has 1 N–H and O–H groups in total. The van der Waals surface area contributed by atoms with E-state index in [0.29, 0.717) is 27.6 Å². The number of hydrogen-bond donors (Lipinski definition) is 1. The first-order valence-electron chi connectivity index (χ1n) is 9.77. The van der Waals surface area contributed by atoms with E-state index in [1.165, 1.54) is 23.1 Å². The molecule has 4 rings (SSSR count). The zero-order valence-electron chi connectivity index (χ0n) is 17.5. The fourth-order valence-electron chi connectivity index (χ4n) is 2.96. The van der Waals surface area contributed by atoms with Crippen molar-refractivity contribution in [2.24, 2.45) is 0 Å². The highest BCUT2D eigenvalue weighted by molar-refractivity contribution is 7.99. The van der Waals surface area contributed by atoms with Gasteiger partial charge in [0.05, 0.1) is 12.9 Å². The number of carbonyl (C=O) groups is 1. The average Bonchev–Trinajstić information content (AvgIpc) is 3.48. The van der Waals surface area contributed by atoms with Gasteiger partial charge in [0.25, 0.3) is 0 Å². The summed E-state index contributed by atoms with van der Waals surface area (Å²) in [6.45, 7) is 1.91. The molecule has 2 aromatic heterocycles. The summed E-state index contributed by atoms with van der Waals surface area (Å²) in [5, 5.41) is 14.5. The van der Waals surface area contributed by atoms with Crippen molar-refractivity contribution in [3.63, 3.8) is 0 Å². The summed E-state index contributed by atoms with van der Waals surface area (Å²) in [6, 6.07) is 17.2. The standard InChI is InChI=1S/C22H21N5O3S2/c1-15(30-18-10-6-9-17(13-18)29-2)20-25-26-22(27(20)16-7-4-3-5-8-16)32-14-19(28)24-21-23-11-12-31-21/h3-13,15H,14H2,1-2H3,(H,23,24,28). The van der Waals surface area contributed by atoms with E-state index >= 15 is 0 Å². The van der Waals surface area contributed by atoms with Gasteiger partial charge in [-0.2, -0.15) is 0 Å². The molecule has 1 amide bonds. The monoisotopic (exact) mass is 467 g/mol. The number of amides is 1. The van der Waals surface area contributed by atoms with Crippen LogP contribution in [-0.2, 0) is 4.79 Å². The molecule has 10 heteroatoms. The molecule has 32 heavy (non-hydrogen) atoms. The third-order valence-corrected chi connectivity index (χ3v) is 6.02. The van der Waals surface area contributed by atoms with Gasteiger partial charge in [0.2, 0.25) is 5.91 Å². The summed E-state index contributed by atoms with van der Waals surface area (Å²) in [7, 11) is 1.61. The zero-order valence-corrected chi connectivity index (χ0v) is 19.1. The number of nitrogens with one attached hydrogen (secondary N) is 1. The summed E-state index contributed by atoms with van der Waals surface area (Å²) < 4.78 is 13.3. The van der Waals surface area contributed by atoms with Gasteiger partial charge in [0.1, 0.15) is 11.5 Å². The molecule has 164 valence electrons. The maximum absolute atomic E-state index is 12.3. The Bertz CT molecular complexity index is 1170. The number of methoxy groups -OCH3 is 1. The van der Waals surface area contributed by atoms with E-state index in [1.807, 2.05) is 71.5 Å². The van der Waals surface area contributed by atoms with Gasteiger partial charge in [-0.15, -0.1) is 21.5 Å². The molecule has 2 heterocycles. The van der Waals surface area contributed by atoms with Crippen molar-refractivity contribution < 1.29 is 14.3 Å². The minimum Gasteiger partial charge on any atom is -0.497 e. The van der Waals surface area contributed by atoms with Gasteiger partial charge in [0.15, 0.2) is 22.2 Å². The molecule has 0 bridgehead atoms. The third-order valence-electron chi connectivity index (χ3n) is 4.40. The van der Waals surface area contributed by atoms with Crippen LogP contribution in [0.1, 0.15) is 18.9 Å². The lowest BCUT2D eigenvalue weighted by Gasteiger charge is -2.17. The quantitative estimate of drug-likeness (QED) is 0.360. The molecule has 0 fully saturated rings. The van der Waals surface area contributed by atoms with Crippen LogP contribution in [0.4, 0.5) is 5.13 Å². The number of thioether (sulfide) groups is 1. The molecule has 0 aliphatic carbocycles. The molecular formula is C22H21N5O3S2. The van der Waals surface area contributed by atoms with Crippen molar-refractivity contribution in [3.05, 3.63) is 72.0 Å². The molecule has 8 nitrogen and oxygen atoms in total. The third kappa shape index (κ3) is 5.27. The Balaban J connectivity index is 1.55. The van der Waals surface area contributed by atoms with Crippen LogP contribution in [0.15, 0.2) is 71.3 Å². The number of nitrogens with zero attached hydrogens (tertiary/aromatic N) is 4. The van der Waals surface area contributed by atoms with E-state index in [-0.39, 0.29) is 11.7 Å². The van der Waals surface area contributed by atoms with Gasteiger partial charge in [-0.3, -0.25) is 9.36 Å². The zero-order chi connectivity index (χ0) is 22.3. The van der Waals surface area contributed by atoms with Crippen molar-refractivity contribution in [2.75, 3.05) is 18.2 Å². The average molecular weight is 468 g/mol. The molecule has 0 saturated carbocycles. The second kappa shape index (κ2) is 10.3. The number of benzene rings is 2. The van der Waals surface area contributed by atoms with Crippen LogP contribution in [0.25, 0.3) is 5.69 Å². The van der Waals surface area contributed by atoms with Crippen LogP contribution < -0.4 is 14.8 Å². The van der Waals surface area contributed by atoms with Gasteiger partial charge < -0.3 is 14.8 Å². The molecule has 4 aromatic rings. The normalized spacial score (nSPS) is 11.7. The Hall–Kier alpha value is -3.37. The molecule has 0 aliphatic rings. The van der Waals surface area contributed by atoms with Crippen LogP contribution in [0.3, 0.4) is 0 Å². The lowest BCUT2D eigenvalue weighted by molar-refractivity contribution is -0.113. The number of thiazole rings is 1. The first-order valence-corrected chi connectivity index (χ1v) is 11.6. The maximum atomic E-state index is 12.3. The van der Waals surface area contributed by atoms with E-state index in [0.717, 1.165) is 5.69 Å². The van der Waals surface area contributed by atoms with E-state index in [9.17, 15) is 4.79 Å². The Morgan fingerprint density at radius 1 is 1.16 bits per heavy atom. The minimum atomic E-state index is -0.395. The Morgan fingerprint density at radius 3 is 2.72 bits per heavy atom. The van der Waals surface area contributed by atoms with Crippen molar-refractivity contribution in [3.8, 4) is 17.2 Å². The van der Waals surface area contributed by atoms with Crippen molar-refractivity contribution >= 4 is 34.1 Å². The largest absolute Gasteiger partial charge is 0.497 e. The lowest BCUT2D eigenvalue weighted by Crippen LogP contribution is -2.15. The van der Waals surface area contributed by atoms with Crippen LogP contribution in [0.5, 0.6) is 11.5 Å². The molecule has 0 spiro atoms. The summed E-state index contributed by atoms with van der Waals surface area (Å²) in [5.74, 6) is 2.02. The highest BCUT2D eigenvalue weighted by Crippen LogP contribution is 2.29. The topological polar surface area (TPSA) is 91.2 Å². The Morgan fingerprint density at radius 2 is 1.97 bits per heavy atom. The first kappa shape index (κ1) is 21.8. The van der Waals surface area contributed by atoms with Crippen LogP contribution >= 0.6 is 23.1 Å². The number of anilines is 1. The molecule has 0 radical (unpaired) electrons. The molecule has 1 unspecified atom stereocenters. The smallest absolute Gasteiger partial charge is 0.236 e. The second-order valence-electron chi connectivity index (χ2n) is 6.62. The maximum Gasteiger partial charge on any atom is 0.236 e. The Kier molecular flexibility index (Phi) is 7.03. The van der Waals surface area contributed by atoms with Gasteiger partial charge >= 0.3 is 0 Å². The van der Waals surface area contributed by atoms with Gasteiger partial charge in [-0.1, -0.05) is 36.0 Å². The van der Waals surface area contributed by atoms with Crippen LogP contribution in [0, 0.1) is 0 Å². The highest BCUT2D eigenvalue weighted by atomic mass is 32.2. The van der Waals surface area contributed by atoms with Crippen molar-refractivity contribution in [1.82, 2.24) is 19.7 Å². The van der Waals surface area contributed by atoms with E-state index in [1.54, 1.807) is 13.3 Å². The highest BCUT2D eigenvalue weighted by Gasteiger charge is 2.22. The molecule has 0 aliphatic heterocycles. The number of aromatic nitrogens is 4. The number of rotatable bonds is 9. The lowest BCUT2D eigenvalue weighted by atomic mass is 10.3. The minimum absolute atomic E-state index is 0.158. The summed E-state index contributed by atoms with van der Waals surface area (Å²) in [5.41, 5.74) is 0.886. The second-order valence-corrected chi connectivity index (χ2v) is 8.46. The van der Waals surface area contributed by atoms with Crippen LogP contribution in [0.2, 0.25) is 0 Å². The SMILES string of the molecule is COc1cccc(OC(C)c2nnc(SCC(=O)Nc3nccs3)n2-c2ccccc2)c1. The molecular weight excluding hydrogens is 446 g/mol. The number of para-hydroxylation sites is 1. The summed E-state index contributed by atoms with van der Waals surface area (Å²) in [4.78, 5) is 16.4. The number of carbonyl (C=O) groups excluding carboxylic acids is 1. The van der Waals surface area contributed by atoms with E-state index in [4.69, 9.17) is 9.47 Å². The fourth-order valence-corrected chi connectivity index (χ4v) is 4.26. The molecule has 0 saturated heterocycles. The summed E-state index contributed by atoms with van der Waals surface area (Å²) in [6.07, 6.45) is 1.25. The molecule has 2 aromatic carbocycles. The van der Waals surface area contributed by atoms with Gasteiger partial charge in [-0.05, 0) is 31.2 Å². The van der Waals surface area contributed by atoms with Gasteiger partial charge in [-0.25, -0.2) is 4.98 Å². The predicted molar refractivity (Wildman–Crippen MR) is 125 cm³/mol. The molecule has 1 atom stereocenters. The predicted octanol–water partition coefficient (Wildman–Crippen LogP) is 4.60. The van der Waals surface area contributed by atoms with Gasteiger partial charge in [0, 0.05) is 23.3 Å². The summed E-state index contributed by atoms with van der Waals surface area (Å²) >= 11 is 2.67. The van der Waals surface area contributed by atoms with Crippen LogP contribution in [-0.4, -0.2) is 38.5 Å². The van der Waals surface area contributed by atoms with Crippen molar-refractivity contribution in [1.29, 1.82) is 0 Å². The van der Waals surface area contributed by atoms with Crippen molar-refractivity contribution in [2.45, 2.75) is 18.2 Å². The first-order chi connectivity index (χ1) is 15.6. The Labute approximate surface area is 193 Å². The van der Waals surface area contributed by atoms with E-state index in [2.05, 4.69) is 20.5 Å². The fraction of sp³-hybridized carbons (Fsp3) is 0.182.